The van der Waals surface area contributed by atoms with Crippen LogP contribution >= 0.6 is 22.9 Å². The minimum atomic E-state index is 0.261. The van der Waals surface area contributed by atoms with Gasteiger partial charge in [0.15, 0.2) is 0 Å². The highest BCUT2D eigenvalue weighted by atomic mass is 35.5. The van der Waals surface area contributed by atoms with Crippen LogP contribution < -0.4 is 10.2 Å². The molecule has 1 aromatic carbocycles. The molecule has 1 atom stereocenters. The number of rotatable bonds is 4. The van der Waals surface area contributed by atoms with E-state index in [0.717, 1.165) is 36.3 Å². The van der Waals surface area contributed by atoms with Gasteiger partial charge in [-0.15, -0.1) is 11.3 Å². The molecule has 1 aliphatic heterocycles. The second-order valence-corrected chi connectivity index (χ2v) is 6.90. The van der Waals surface area contributed by atoms with Gasteiger partial charge in [0.05, 0.1) is 23.6 Å². The Labute approximate surface area is 134 Å². The Balaban J connectivity index is 1.63. The average molecular weight is 323 g/mol. The number of hydrogen-bond acceptors (Lipinski definition) is 4. The van der Waals surface area contributed by atoms with E-state index in [9.17, 15) is 0 Å². The van der Waals surface area contributed by atoms with E-state index in [1.165, 1.54) is 10.6 Å². The Morgan fingerprint density at radius 3 is 2.48 bits per heavy atom. The van der Waals surface area contributed by atoms with E-state index >= 15 is 0 Å². The highest BCUT2D eigenvalue weighted by Gasteiger charge is 2.12. The van der Waals surface area contributed by atoms with Crippen molar-refractivity contribution in [1.82, 2.24) is 0 Å². The summed E-state index contributed by atoms with van der Waals surface area (Å²) in [6.07, 6.45) is 0. The van der Waals surface area contributed by atoms with Gasteiger partial charge >= 0.3 is 0 Å². The van der Waals surface area contributed by atoms with Gasteiger partial charge in [-0.25, -0.2) is 0 Å². The molecule has 5 heteroatoms. The summed E-state index contributed by atoms with van der Waals surface area (Å²) in [5.41, 5.74) is 2.39. The van der Waals surface area contributed by atoms with Crippen molar-refractivity contribution in [2.45, 2.75) is 13.0 Å². The lowest BCUT2D eigenvalue weighted by atomic mass is 10.2. The fourth-order valence-electron chi connectivity index (χ4n) is 2.47. The quantitative estimate of drug-likeness (QED) is 0.902. The maximum Gasteiger partial charge on any atom is 0.0932 e. The number of thiophene rings is 1. The van der Waals surface area contributed by atoms with Gasteiger partial charge in [0.25, 0.3) is 0 Å². The predicted octanol–water partition coefficient (Wildman–Crippen LogP) is 4.41. The normalized spacial score (nSPS) is 16.8. The van der Waals surface area contributed by atoms with Crippen LogP contribution in [0.5, 0.6) is 0 Å². The maximum atomic E-state index is 5.99. The van der Waals surface area contributed by atoms with Crippen molar-refractivity contribution >= 4 is 34.3 Å². The first-order chi connectivity index (χ1) is 10.2. The molecule has 1 N–H and O–H groups in total. The Morgan fingerprint density at radius 2 is 1.86 bits per heavy atom. The molecule has 1 saturated heterocycles. The number of ether oxygens (including phenoxy) is 1. The summed E-state index contributed by atoms with van der Waals surface area (Å²) in [5, 5.41) is 3.51. The zero-order chi connectivity index (χ0) is 14.7. The maximum absolute atomic E-state index is 5.99. The van der Waals surface area contributed by atoms with E-state index < -0.39 is 0 Å². The molecule has 0 saturated carbocycles. The van der Waals surface area contributed by atoms with E-state index in [-0.39, 0.29) is 6.04 Å². The Morgan fingerprint density at radius 1 is 1.14 bits per heavy atom. The minimum absolute atomic E-state index is 0.261. The van der Waals surface area contributed by atoms with Crippen molar-refractivity contribution in [1.29, 1.82) is 0 Å². The smallest absolute Gasteiger partial charge is 0.0932 e. The third-order valence-electron chi connectivity index (χ3n) is 3.65. The molecule has 3 nitrogen and oxygen atoms in total. The topological polar surface area (TPSA) is 24.5 Å². The first-order valence-corrected chi connectivity index (χ1v) is 8.36. The van der Waals surface area contributed by atoms with Gasteiger partial charge in [0, 0.05) is 29.3 Å². The molecular weight excluding hydrogens is 304 g/mol. The summed E-state index contributed by atoms with van der Waals surface area (Å²) in [6, 6.07) is 12.9. The van der Waals surface area contributed by atoms with Crippen molar-refractivity contribution in [3.05, 3.63) is 45.6 Å². The number of nitrogens with one attached hydrogen (secondary N) is 1. The monoisotopic (exact) mass is 322 g/mol. The molecule has 0 bridgehead atoms. The van der Waals surface area contributed by atoms with E-state index in [4.69, 9.17) is 16.3 Å². The molecule has 0 radical (unpaired) electrons. The molecule has 1 aromatic heterocycles. The van der Waals surface area contributed by atoms with Crippen molar-refractivity contribution < 1.29 is 4.74 Å². The Hall–Kier alpha value is -1.23. The van der Waals surface area contributed by atoms with Crippen LogP contribution in [0.25, 0.3) is 0 Å². The lowest BCUT2D eigenvalue weighted by Crippen LogP contribution is -2.36. The van der Waals surface area contributed by atoms with Gasteiger partial charge < -0.3 is 15.0 Å². The van der Waals surface area contributed by atoms with Crippen molar-refractivity contribution in [3.8, 4) is 0 Å². The summed E-state index contributed by atoms with van der Waals surface area (Å²) in [5.74, 6) is 0. The Bertz CT molecular complexity index is 578. The second kappa shape index (κ2) is 6.69. The molecule has 3 rings (SSSR count). The number of benzene rings is 1. The largest absolute Gasteiger partial charge is 0.378 e. The molecule has 0 aliphatic carbocycles. The van der Waals surface area contributed by atoms with Crippen molar-refractivity contribution in [3.63, 3.8) is 0 Å². The molecule has 112 valence electrons. The number of hydrogen-bond donors (Lipinski definition) is 1. The number of morpholine rings is 1. The first-order valence-electron chi connectivity index (χ1n) is 7.17. The average Bonchev–Trinajstić information content (AvgIpc) is 2.96. The molecule has 0 amide bonds. The summed E-state index contributed by atoms with van der Waals surface area (Å²) in [4.78, 5) is 3.60. The fraction of sp³-hybridized carbons (Fsp3) is 0.375. The van der Waals surface area contributed by atoms with Crippen LogP contribution in [0.2, 0.25) is 4.34 Å². The molecule has 1 unspecified atom stereocenters. The zero-order valence-corrected chi connectivity index (χ0v) is 13.6. The van der Waals surface area contributed by atoms with Gasteiger partial charge in [-0.2, -0.15) is 0 Å². The number of anilines is 2. The summed E-state index contributed by atoms with van der Waals surface area (Å²) < 4.78 is 6.22. The van der Waals surface area contributed by atoms with E-state index in [1.54, 1.807) is 11.3 Å². The van der Waals surface area contributed by atoms with Crippen LogP contribution in [-0.4, -0.2) is 26.3 Å². The zero-order valence-electron chi connectivity index (χ0n) is 12.0. The minimum Gasteiger partial charge on any atom is -0.378 e. The van der Waals surface area contributed by atoms with Gasteiger partial charge in [0.1, 0.15) is 0 Å². The Kier molecular flexibility index (Phi) is 4.68. The molecular formula is C16H19ClN2OS. The molecule has 1 aliphatic rings. The summed E-state index contributed by atoms with van der Waals surface area (Å²) >= 11 is 7.61. The van der Waals surface area contributed by atoms with Crippen LogP contribution in [0, 0.1) is 0 Å². The first kappa shape index (κ1) is 14.7. The van der Waals surface area contributed by atoms with Gasteiger partial charge in [-0.1, -0.05) is 11.6 Å². The fourth-order valence-corrected chi connectivity index (χ4v) is 3.54. The van der Waals surface area contributed by atoms with Crippen LogP contribution in [0.15, 0.2) is 36.4 Å². The van der Waals surface area contributed by atoms with Crippen LogP contribution in [0.4, 0.5) is 11.4 Å². The summed E-state index contributed by atoms with van der Waals surface area (Å²) in [7, 11) is 0. The van der Waals surface area contributed by atoms with E-state index in [1.807, 2.05) is 6.07 Å². The van der Waals surface area contributed by atoms with Crippen LogP contribution in [0.3, 0.4) is 0 Å². The van der Waals surface area contributed by atoms with Crippen molar-refractivity contribution in [2.24, 2.45) is 0 Å². The van der Waals surface area contributed by atoms with Gasteiger partial charge in [-0.05, 0) is 43.3 Å². The van der Waals surface area contributed by atoms with Gasteiger partial charge in [-0.3, -0.25) is 0 Å². The number of nitrogens with zero attached hydrogens (tertiary/aromatic N) is 1. The van der Waals surface area contributed by atoms with E-state index in [2.05, 4.69) is 47.5 Å². The molecule has 2 aromatic rings. The van der Waals surface area contributed by atoms with Gasteiger partial charge in [0.2, 0.25) is 0 Å². The lowest BCUT2D eigenvalue weighted by Gasteiger charge is -2.29. The molecule has 2 heterocycles. The molecule has 21 heavy (non-hydrogen) atoms. The van der Waals surface area contributed by atoms with Crippen LogP contribution in [-0.2, 0) is 4.74 Å². The highest BCUT2D eigenvalue weighted by Crippen LogP contribution is 2.29. The third kappa shape index (κ3) is 3.70. The van der Waals surface area contributed by atoms with Crippen molar-refractivity contribution in [2.75, 3.05) is 36.5 Å². The highest BCUT2D eigenvalue weighted by molar-refractivity contribution is 7.16. The molecule has 0 spiro atoms. The third-order valence-corrected chi connectivity index (χ3v) is 5.06. The molecule has 1 fully saturated rings. The van der Waals surface area contributed by atoms with Crippen LogP contribution in [0.1, 0.15) is 17.8 Å². The summed E-state index contributed by atoms with van der Waals surface area (Å²) in [6.45, 7) is 5.72. The standard InChI is InChI=1S/C16H19ClN2OS/c1-12(15-6-7-16(17)21-15)18-13-2-4-14(5-3-13)19-8-10-20-11-9-19/h2-7,12,18H,8-11H2,1H3. The SMILES string of the molecule is CC(Nc1ccc(N2CCOCC2)cc1)c1ccc(Cl)s1. The second-order valence-electron chi connectivity index (χ2n) is 5.15. The lowest BCUT2D eigenvalue weighted by molar-refractivity contribution is 0.122. The number of halogens is 1. The predicted molar refractivity (Wildman–Crippen MR) is 90.8 cm³/mol. The van der Waals surface area contributed by atoms with E-state index in [0.29, 0.717) is 0 Å².